The molecule has 0 atom stereocenters. The summed E-state index contributed by atoms with van der Waals surface area (Å²) in [5.41, 5.74) is 7.97. The molecule has 13 aromatic rings. The number of rotatable bonds is 19. The van der Waals surface area contributed by atoms with Gasteiger partial charge in [0.05, 0.1) is 36.3 Å². The molecule has 10 aromatic heterocycles. The number of halogens is 2. The van der Waals surface area contributed by atoms with E-state index >= 15 is 0 Å². The van der Waals surface area contributed by atoms with E-state index in [4.69, 9.17) is 39.2 Å². The van der Waals surface area contributed by atoms with Gasteiger partial charge in [-0.15, -0.1) is 0 Å². The van der Waals surface area contributed by atoms with Crippen molar-refractivity contribution in [2.24, 2.45) is 0 Å². The van der Waals surface area contributed by atoms with Crippen LogP contribution < -0.4 is 43.5 Å². The van der Waals surface area contributed by atoms with Gasteiger partial charge in [0, 0.05) is 160 Å². The molecule has 108 heavy (non-hydrogen) atoms. The maximum absolute atomic E-state index is 13.3. The van der Waals surface area contributed by atoms with Crippen molar-refractivity contribution in [3.8, 4) is 11.4 Å². The minimum Gasteiger partial charge on any atom is -0.378 e. The molecular weight excluding hydrogens is 1390 g/mol. The number of aryl methyl sites for hydroxylation is 10. The topological polar surface area (TPSA) is 326 Å². The van der Waals surface area contributed by atoms with Crippen molar-refractivity contribution < 1.29 is 18.0 Å². The first-order valence-electron chi connectivity index (χ1n) is 37.1. The number of hydrogen-bond acceptors (Lipinski definition) is 18. The molecule has 15 heterocycles. The molecule has 3 aromatic carbocycles. The molecule has 2 saturated heterocycles. The van der Waals surface area contributed by atoms with Gasteiger partial charge in [0.25, 0.3) is 22.6 Å². The Bertz CT molecular complexity index is 5830. The molecule has 2 fully saturated rings. The molecule has 560 valence electrons. The Hall–Kier alpha value is -11.7. The second kappa shape index (κ2) is 29.2. The van der Waals surface area contributed by atoms with E-state index in [2.05, 4.69) is 80.4 Å². The first kappa shape index (κ1) is 70.6. The van der Waals surface area contributed by atoms with Crippen LogP contribution in [0.4, 0.5) is 20.2 Å². The van der Waals surface area contributed by atoms with Crippen LogP contribution in [0.15, 0.2) is 125 Å². The highest BCUT2D eigenvalue weighted by Gasteiger charge is 2.44. The summed E-state index contributed by atoms with van der Waals surface area (Å²) in [5.74, 6) is 3.73. The second-order valence-corrected chi connectivity index (χ2v) is 28.4. The molecule has 0 amide bonds. The number of imidazole rings is 6. The Labute approximate surface area is 615 Å². The van der Waals surface area contributed by atoms with Gasteiger partial charge in [-0.3, -0.25) is 43.0 Å². The quantitative estimate of drug-likeness (QED) is 0.0742. The van der Waals surface area contributed by atoms with Crippen LogP contribution in [-0.4, -0.2) is 141 Å². The summed E-state index contributed by atoms with van der Waals surface area (Å²) in [6.07, 6.45) is 17.7. The molecule has 0 unspecified atom stereocenters. The Morgan fingerprint density at radius 1 is 0.472 bits per heavy atom. The zero-order valence-corrected chi connectivity index (χ0v) is 60.9. The Morgan fingerprint density at radius 3 is 1.16 bits per heavy atom. The van der Waals surface area contributed by atoms with E-state index in [1.54, 1.807) is 18.9 Å². The van der Waals surface area contributed by atoms with Gasteiger partial charge in [-0.1, -0.05) is 53.7 Å². The van der Waals surface area contributed by atoms with E-state index in [-0.39, 0.29) is 13.1 Å². The predicted molar refractivity (Wildman–Crippen MR) is 400 cm³/mol. The number of methoxy groups -OCH3 is 1. The zero-order valence-electron chi connectivity index (χ0n) is 60.9. The fourth-order valence-corrected chi connectivity index (χ4v) is 15.4. The van der Waals surface area contributed by atoms with Crippen LogP contribution in [-0.2, 0) is 102 Å². The Kier molecular flexibility index (Phi) is 19.1. The number of anilines is 2. The van der Waals surface area contributed by atoms with Gasteiger partial charge in [-0.2, -0.15) is 4.98 Å². The van der Waals surface area contributed by atoms with Crippen molar-refractivity contribution in [2.75, 3.05) is 43.1 Å². The highest BCUT2D eigenvalue weighted by atomic mass is 19.3. The minimum atomic E-state index is -2.63. The van der Waals surface area contributed by atoms with Gasteiger partial charge in [-0.05, 0) is 100 Å². The summed E-state index contributed by atoms with van der Waals surface area (Å²) in [4.78, 5) is 121. The molecule has 0 spiro atoms. The molecule has 0 radical (unpaired) electrons. The average molecular weight is 1470 g/mol. The number of fused-ring (bicyclic) bond motifs is 6. The van der Waals surface area contributed by atoms with E-state index in [9.17, 15) is 37.5 Å². The Balaban J connectivity index is 0.000000124. The highest BCUT2D eigenvalue weighted by molar-refractivity contribution is 5.73. The normalized spacial score (nSPS) is 15.4. The summed E-state index contributed by atoms with van der Waals surface area (Å²) < 4.78 is 53.8. The molecule has 3 N–H and O–H groups in total. The Morgan fingerprint density at radius 2 is 0.833 bits per heavy atom. The van der Waals surface area contributed by atoms with Crippen molar-refractivity contribution in [3.63, 3.8) is 0 Å². The van der Waals surface area contributed by atoms with E-state index < -0.39 is 39.7 Å². The lowest BCUT2D eigenvalue weighted by Crippen LogP contribution is -2.56. The number of ether oxygens (including phenoxy) is 1. The van der Waals surface area contributed by atoms with Gasteiger partial charge in [-0.25, -0.2) is 53.1 Å². The molecule has 5 aliphatic heterocycles. The molecule has 0 bridgehead atoms. The lowest BCUT2D eigenvalue weighted by molar-refractivity contribution is -0.0262. The van der Waals surface area contributed by atoms with Crippen LogP contribution >= 0.6 is 0 Å². The third kappa shape index (κ3) is 14.0. The monoisotopic (exact) mass is 1470 g/mol. The lowest BCUT2D eigenvalue weighted by atomic mass is 10.1. The van der Waals surface area contributed by atoms with Gasteiger partial charge in [0.15, 0.2) is 33.5 Å². The number of nitrogens with zero attached hydrogens (tertiary/aromatic N) is 19. The fourth-order valence-electron chi connectivity index (χ4n) is 15.4. The fraction of sp³-hybridized carbons (Fsp3) is 0.421. The predicted octanol–water partition coefficient (Wildman–Crippen LogP) is 6.88. The van der Waals surface area contributed by atoms with E-state index in [1.165, 1.54) is 20.1 Å². The third-order valence-electron chi connectivity index (χ3n) is 21.1. The summed E-state index contributed by atoms with van der Waals surface area (Å²) in [6, 6.07) is 23.6. The van der Waals surface area contributed by atoms with E-state index in [0.29, 0.717) is 121 Å². The van der Waals surface area contributed by atoms with Crippen molar-refractivity contribution in [1.29, 1.82) is 0 Å². The highest BCUT2D eigenvalue weighted by Crippen LogP contribution is 2.33. The average Bonchev–Trinajstić information content (AvgIpc) is 1.62. The third-order valence-corrected chi connectivity index (χ3v) is 21.1. The van der Waals surface area contributed by atoms with Gasteiger partial charge in [0.2, 0.25) is 11.7 Å². The van der Waals surface area contributed by atoms with Gasteiger partial charge in [0.1, 0.15) is 34.9 Å². The standard InChI is InChI=1S/C26H31N7O3.C25H27F2N7O2.C25H26N8O3/c1-3-32-24-23(25(34)29-26(32)35)33(13-17-7-9-19(10-8-17)31-15-20(16-31)36-2)22(28-24)12-18-14-30-11-5-4-6-21(30)27-18;1-2-33-22-21(23(35)30-24(33)36)34(12-16-6-8-18(9-7-16)32-14-25(26,27)15-32)20(29-22)11-17-13-31-10-4-3-5-19(31)28-17;1-3-32-23-21(24(34)29-25(32)35)33(13-16-7-9-17(10-8-16)22-26-15(2)36-30-22)20(28-23)12-18-14-31-11-5-4-6-19(31)27-18/h7-10,14,20H,3-6,11-13,15-16H2,1-2H3,(H,29,34,35);6-9,13H,2-5,10-12,14-15H2,1H3,(H,30,35,36);7-10,14H,3-6,11-13H2,1-2H3,(H,29,34,35). The second-order valence-electron chi connectivity index (χ2n) is 28.4. The maximum atomic E-state index is 13.3. The molecule has 5 aliphatic rings. The SMILES string of the molecule is CCn1c(=O)[nH]c(=O)c2c1nc(Cc1cn3c(n1)CCCC3)n2Cc1ccc(-c2noc(C)n2)cc1.CCn1c(=O)[nH]c(=O)c2c1nc(Cc1cn3c(n1)CCCC3)n2Cc1ccc(N2CC(F)(F)C2)cc1.CCn1c(=O)[nH]c(=O)c2c1nc(Cc1cn3c(n1)CCCC3)n2Cc1ccc(N2CC(OC)C2)cc1. The van der Waals surface area contributed by atoms with Crippen LogP contribution in [0.2, 0.25) is 0 Å². The maximum Gasteiger partial charge on any atom is 0.330 e. The van der Waals surface area contributed by atoms with Crippen LogP contribution in [0.25, 0.3) is 44.9 Å². The summed E-state index contributed by atoms with van der Waals surface area (Å²) in [7, 11) is 1.75. The number of benzene rings is 3. The first-order chi connectivity index (χ1) is 52.3. The number of aromatic amines is 3. The summed E-state index contributed by atoms with van der Waals surface area (Å²) in [6.45, 7) is 13.9. The first-order valence-corrected chi connectivity index (χ1v) is 37.1. The van der Waals surface area contributed by atoms with E-state index in [1.807, 2.05) is 89.2 Å². The minimum absolute atomic E-state index is 0.277. The number of hydrogen-bond donors (Lipinski definition) is 3. The molecule has 30 nitrogen and oxygen atoms in total. The summed E-state index contributed by atoms with van der Waals surface area (Å²) >= 11 is 0. The van der Waals surface area contributed by atoms with Crippen LogP contribution in [0.3, 0.4) is 0 Å². The van der Waals surface area contributed by atoms with Crippen molar-refractivity contribution in [1.82, 2.24) is 96.1 Å². The number of nitrogens with one attached hydrogen (secondary N) is 3. The van der Waals surface area contributed by atoms with Crippen molar-refractivity contribution >= 4 is 44.9 Å². The lowest BCUT2D eigenvalue weighted by Gasteiger charge is -2.40. The molecular formula is C76H84F2N22O8. The van der Waals surface area contributed by atoms with Crippen LogP contribution in [0, 0.1) is 6.92 Å². The number of aromatic nitrogens is 20. The molecule has 32 heteroatoms. The summed E-state index contributed by atoms with van der Waals surface area (Å²) in [5, 5.41) is 3.97. The largest absolute Gasteiger partial charge is 0.378 e. The van der Waals surface area contributed by atoms with Crippen molar-refractivity contribution in [3.05, 3.63) is 229 Å². The van der Waals surface area contributed by atoms with Crippen molar-refractivity contribution in [2.45, 2.75) is 176 Å². The zero-order chi connectivity index (χ0) is 74.6. The molecule has 0 saturated carbocycles. The van der Waals surface area contributed by atoms with Crippen LogP contribution in [0.5, 0.6) is 0 Å². The van der Waals surface area contributed by atoms with Gasteiger partial charge >= 0.3 is 17.1 Å². The number of alkyl halides is 2. The van der Waals surface area contributed by atoms with Gasteiger partial charge < -0.3 is 46.5 Å². The van der Waals surface area contributed by atoms with E-state index in [0.717, 1.165) is 158 Å². The molecule has 18 rings (SSSR count). The number of H-pyrrole nitrogens is 3. The smallest absolute Gasteiger partial charge is 0.330 e. The van der Waals surface area contributed by atoms with Crippen LogP contribution in [0.1, 0.15) is 134 Å². The molecule has 0 aliphatic carbocycles.